The zero-order chi connectivity index (χ0) is 40.1. The summed E-state index contributed by atoms with van der Waals surface area (Å²) in [5.41, 5.74) is 2.73. The normalized spacial score (nSPS) is 12.0. The Labute approximate surface area is 344 Å². The first-order valence-corrected chi connectivity index (χ1v) is 23.9. The van der Waals surface area contributed by atoms with Gasteiger partial charge in [-0.3, -0.25) is 4.79 Å². The highest BCUT2D eigenvalue weighted by Crippen LogP contribution is 2.29. The van der Waals surface area contributed by atoms with Gasteiger partial charge in [0, 0.05) is 18.4 Å². The highest BCUT2D eigenvalue weighted by atomic mass is 16.1. The van der Waals surface area contributed by atoms with E-state index in [2.05, 4.69) is 60.4 Å². The second kappa shape index (κ2) is 30.6. The lowest BCUT2D eigenvalue weighted by Crippen LogP contribution is -2.32. The van der Waals surface area contributed by atoms with Gasteiger partial charge in [-0.15, -0.1) is 0 Å². The van der Waals surface area contributed by atoms with Crippen LogP contribution in [0.4, 0.5) is 5.82 Å². The number of imidazole rings is 1. The maximum absolute atomic E-state index is 13.2. The van der Waals surface area contributed by atoms with Crippen molar-refractivity contribution in [1.29, 1.82) is 0 Å². The molecule has 0 spiro atoms. The number of carbonyl (C=O) groups is 1. The molecule has 0 aliphatic carbocycles. The number of anilines is 1. The maximum atomic E-state index is 13.2. The molecule has 56 heavy (non-hydrogen) atoms. The molecular weight excluding hydrogens is 689 g/mol. The number of para-hydroxylation sites is 1. The molecule has 0 atom stereocenters. The Balaban J connectivity index is 1.40. The summed E-state index contributed by atoms with van der Waals surface area (Å²) in [6.07, 6.45) is 34.7. The van der Waals surface area contributed by atoms with Gasteiger partial charge in [0.15, 0.2) is 5.82 Å². The Morgan fingerprint density at radius 3 is 1.66 bits per heavy atom. The molecule has 0 radical (unpaired) electrons. The summed E-state index contributed by atoms with van der Waals surface area (Å²) >= 11 is 0. The Morgan fingerprint density at radius 2 is 1.11 bits per heavy atom. The van der Waals surface area contributed by atoms with Crippen LogP contribution in [0.15, 0.2) is 30.6 Å². The minimum Gasteiger partial charge on any atom is -0.330 e. The Kier molecular flexibility index (Phi) is 26.1. The largest absolute Gasteiger partial charge is 0.330 e. The van der Waals surface area contributed by atoms with Crippen molar-refractivity contribution in [3.8, 4) is 0 Å². The van der Waals surface area contributed by atoms with E-state index in [0.717, 1.165) is 60.8 Å². The molecule has 0 saturated heterocycles. The molecule has 0 saturated carbocycles. The number of hydrogen-bond donors (Lipinski definition) is 1. The molecule has 2 aromatic heterocycles. The number of hydrogen-bond acceptors (Lipinski definition) is 5. The summed E-state index contributed by atoms with van der Waals surface area (Å²) in [6, 6.07) is 8.19. The van der Waals surface area contributed by atoms with Gasteiger partial charge >= 0.3 is 0 Å². The van der Waals surface area contributed by atoms with Crippen LogP contribution in [0, 0.1) is 5.92 Å². The van der Waals surface area contributed by atoms with E-state index in [1.165, 1.54) is 161 Å². The minimum atomic E-state index is 0.0387. The lowest BCUT2D eigenvalue weighted by Gasteiger charge is -2.25. The van der Waals surface area contributed by atoms with E-state index >= 15 is 0 Å². The molecule has 7 nitrogen and oxygen atoms in total. The van der Waals surface area contributed by atoms with E-state index in [0.29, 0.717) is 18.2 Å². The lowest BCUT2D eigenvalue weighted by atomic mass is 10.1. The summed E-state index contributed by atoms with van der Waals surface area (Å²) in [6.45, 7) is 19.4. The predicted molar refractivity (Wildman–Crippen MR) is 244 cm³/mol. The van der Waals surface area contributed by atoms with Gasteiger partial charge in [-0.05, 0) is 83.4 Å². The molecule has 1 N–H and O–H groups in total. The van der Waals surface area contributed by atoms with E-state index in [1.54, 1.807) is 0 Å². The smallest absolute Gasteiger partial charge is 0.225 e. The molecule has 3 rings (SSSR count). The molecule has 3 aromatic rings. The second-order valence-electron chi connectivity index (χ2n) is 17.3. The van der Waals surface area contributed by atoms with Crippen molar-refractivity contribution >= 4 is 33.7 Å². The highest BCUT2D eigenvalue weighted by Gasteiger charge is 2.16. The summed E-state index contributed by atoms with van der Waals surface area (Å²) in [5, 5.41) is 4.22. The molecular formula is C49H86N6O. The number of pyridine rings is 1. The quantitative estimate of drug-likeness (QED) is 0.0596. The third-order valence-electron chi connectivity index (χ3n) is 11.7. The van der Waals surface area contributed by atoms with Gasteiger partial charge in [0.2, 0.25) is 5.91 Å². The zero-order valence-corrected chi connectivity index (χ0v) is 37.2. The van der Waals surface area contributed by atoms with E-state index in [1.807, 2.05) is 24.5 Å². The predicted octanol–water partition coefficient (Wildman–Crippen LogP) is 13.6. The first-order chi connectivity index (χ1) is 27.5. The molecule has 7 heteroatoms. The van der Waals surface area contributed by atoms with E-state index < -0.39 is 0 Å². The van der Waals surface area contributed by atoms with Crippen molar-refractivity contribution in [1.82, 2.24) is 24.3 Å². The van der Waals surface area contributed by atoms with Crippen LogP contribution in [0.2, 0.25) is 0 Å². The average molecular weight is 775 g/mol. The van der Waals surface area contributed by atoms with Crippen molar-refractivity contribution in [2.24, 2.45) is 5.92 Å². The average Bonchev–Trinajstić information content (AvgIpc) is 3.61. The second-order valence-corrected chi connectivity index (χ2v) is 17.3. The highest BCUT2D eigenvalue weighted by molar-refractivity contribution is 6.09. The minimum absolute atomic E-state index is 0.0387. The summed E-state index contributed by atoms with van der Waals surface area (Å²) in [4.78, 5) is 28.2. The molecule has 1 amide bonds. The molecule has 0 bridgehead atoms. The van der Waals surface area contributed by atoms with Gasteiger partial charge in [-0.2, -0.15) is 0 Å². The topological polar surface area (TPSA) is 66.3 Å². The fraction of sp³-hybridized carbons (Fsp3) is 0.776. The fourth-order valence-corrected chi connectivity index (χ4v) is 8.32. The van der Waals surface area contributed by atoms with E-state index in [4.69, 9.17) is 9.97 Å². The number of benzene rings is 1. The van der Waals surface area contributed by atoms with Crippen LogP contribution in [-0.4, -0.2) is 69.5 Å². The monoisotopic (exact) mass is 775 g/mol. The first-order valence-electron chi connectivity index (χ1n) is 23.9. The first kappa shape index (κ1) is 47.9. The third kappa shape index (κ3) is 19.8. The van der Waals surface area contributed by atoms with Crippen LogP contribution >= 0.6 is 0 Å². The van der Waals surface area contributed by atoms with E-state index in [9.17, 15) is 4.79 Å². The summed E-state index contributed by atoms with van der Waals surface area (Å²) < 4.78 is 2.21. The molecule has 2 heterocycles. The number of fused-ring (bicyclic) bond motifs is 3. The van der Waals surface area contributed by atoms with Gasteiger partial charge in [0.05, 0.1) is 17.4 Å². The number of nitrogens with one attached hydrogen (secondary N) is 1. The fourth-order valence-electron chi connectivity index (χ4n) is 8.32. The van der Waals surface area contributed by atoms with Gasteiger partial charge in [0.1, 0.15) is 5.52 Å². The van der Waals surface area contributed by atoms with Crippen LogP contribution in [0.25, 0.3) is 21.9 Å². The Hall–Kier alpha value is -2.51. The molecule has 0 unspecified atom stereocenters. The van der Waals surface area contributed by atoms with Gasteiger partial charge < -0.3 is 19.7 Å². The van der Waals surface area contributed by atoms with Crippen LogP contribution in [0.3, 0.4) is 0 Å². The van der Waals surface area contributed by atoms with Gasteiger partial charge in [0.25, 0.3) is 0 Å². The maximum Gasteiger partial charge on any atom is 0.225 e. The summed E-state index contributed by atoms with van der Waals surface area (Å²) in [7, 11) is 0. The van der Waals surface area contributed by atoms with Crippen molar-refractivity contribution in [3.05, 3.63) is 30.6 Å². The van der Waals surface area contributed by atoms with Crippen molar-refractivity contribution in [3.63, 3.8) is 0 Å². The van der Waals surface area contributed by atoms with Crippen LogP contribution in [0.1, 0.15) is 195 Å². The molecule has 0 aliphatic rings. The number of rotatable bonds is 36. The number of carbonyl (C=O) groups excluding carboxylic acids is 1. The van der Waals surface area contributed by atoms with Gasteiger partial charge in [-0.1, -0.05) is 175 Å². The Morgan fingerprint density at radius 1 is 0.625 bits per heavy atom. The molecule has 318 valence electrons. The number of aromatic nitrogens is 3. The zero-order valence-electron chi connectivity index (χ0n) is 37.2. The van der Waals surface area contributed by atoms with E-state index in [-0.39, 0.29) is 5.91 Å². The SMILES string of the molecule is CCCCCCCCCCCCN(CC)CCCN(CCCCCCCCCCCC)CCCCCC(=O)Nc1nc2ccccc2c2c1ncn2CC(C)C. The third-order valence-corrected chi connectivity index (χ3v) is 11.7. The van der Waals surface area contributed by atoms with Crippen molar-refractivity contribution < 1.29 is 4.79 Å². The van der Waals surface area contributed by atoms with Crippen molar-refractivity contribution in [2.75, 3.05) is 44.6 Å². The van der Waals surface area contributed by atoms with Crippen LogP contribution in [0.5, 0.6) is 0 Å². The number of unbranched alkanes of at least 4 members (excludes halogenated alkanes) is 20. The van der Waals surface area contributed by atoms with Gasteiger partial charge in [-0.25, -0.2) is 9.97 Å². The Bertz CT molecular complexity index is 1420. The standard InChI is InChI=1S/C49H86N6O/c1-6-9-11-13-15-17-19-21-23-29-36-53(8-3)39-32-40-54(37-30-24-22-20-18-16-14-12-10-7-2)38-31-25-26-35-46(56)52-49-47-48(55(42-50-47)41-43(4)5)44-33-27-28-34-45(44)51-49/h27-28,33-34,42-43H,6-26,29-32,35-41H2,1-5H3,(H,51,52,56). The van der Waals surface area contributed by atoms with Crippen LogP contribution in [-0.2, 0) is 11.3 Å². The van der Waals surface area contributed by atoms with Crippen LogP contribution < -0.4 is 5.32 Å². The number of nitrogens with zero attached hydrogens (tertiary/aromatic N) is 5. The molecule has 0 aliphatic heterocycles. The molecule has 0 fully saturated rings. The lowest BCUT2D eigenvalue weighted by molar-refractivity contribution is -0.116. The van der Waals surface area contributed by atoms with Crippen molar-refractivity contribution in [2.45, 2.75) is 202 Å². The summed E-state index contributed by atoms with van der Waals surface area (Å²) in [5.74, 6) is 1.12. The molecule has 1 aromatic carbocycles. The number of amides is 1.